The van der Waals surface area contributed by atoms with Crippen LogP contribution in [0.2, 0.25) is 0 Å². The van der Waals surface area contributed by atoms with E-state index in [4.69, 9.17) is 0 Å². The van der Waals surface area contributed by atoms with Crippen molar-refractivity contribution >= 4 is 23.2 Å². The molecule has 1 aliphatic carbocycles. The molecular weight excluding hydrogens is 376 g/mol. The van der Waals surface area contributed by atoms with Crippen LogP contribution < -0.4 is 10.6 Å². The van der Waals surface area contributed by atoms with E-state index in [0.717, 1.165) is 12.1 Å². The largest absolute Gasteiger partial charge is 0.416 e. The van der Waals surface area contributed by atoms with Crippen LogP contribution in [0.1, 0.15) is 35.4 Å². The fourth-order valence-electron chi connectivity index (χ4n) is 3.63. The molecule has 4 rings (SSSR count). The summed E-state index contributed by atoms with van der Waals surface area (Å²) < 4.78 is 53.8. The maximum Gasteiger partial charge on any atom is 0.416 e. The van der Waals surface area contributed by atoms with Crippen molar-refractivity contribution in [2.24, 2.45) is 5.92 Å². The van der Waals surface area contributed by atoms with Gasteiger partial charge in [-0.15, -0.1) is 0 Å². The SMILES string of the molecule is O=C1CCc2cc(NC(=O)[C@H]3C[C@H]3c3ccccc3C(F)(F)F)c(F)cc2N1. The van der Waals surface area contributed by atoms with Crippen molar-refractivity contribution in [3.8, 4) is 0 Å². The van der Waals surface area contributed by atoms with E-state index in [-0.39, 0.29) is 30.0 Å². The minimum Gasteiger partial charge on any atom is -0.326 e. The number of amides is 2. The quantitative estimate of drug-likeness (QED) is 0.758. The lowest BCUT2D eigenvalue weighted by molar-refractivity contribution is -0.138. The summed E-state index contributed by atoms with van der Waals surface area (Å²) in [5, 5.41) is 5.05. The number of carbonyl (C=O) groups excluding carboxylic acids is 2. The molecule has 2 amide bonds. The van der Waals surface area contributed by atoms with Gasteiger partial charge in [0.1, 0.15) is 5.82 Å². The van der Waals surface area contributed by atoms with Crippen molar-refractivity contribution in [2.75, 3.05) is 10.6 Å². The Bertz CT molecular complexity index is 971. The molecular formula is C20H16F4N2O2. The molecule has 8 heteroatoms. The number of aryl methyl sites for hydroxylation is 1. The lowest BCUT2D eigenvalue weighted by Gasteiger charge is -2.18. The van der Waals surface area contributed by atoms with Crippen LogP contribution in [0.5, 0.6) is 0 Å². The molecule has 0 unspecified atom stereocenters. The molecule has 0 spiro atoms. The van der Waals surface area contributed by atoms with Crippen molar-refractivity contribution < 1.29 is 27.2 Å². The molecule has 2 N–H and O–H groups in total. The fraction of sp³-hybridized carbons (Fsp3) is 0.300. The Morgan fingerprint density at radius 1 is 1.14 bits per heavy atom. The minimum atomic E-state index is -4.49. The van der Waals surface area contributed by atoms with Gasteiger partial charge in [0.25, 0.3) is 0 Å². The van der Waals surface area contributed by atoms with Gasteiger partial charge in [-0.2, -0.15) is 13.2 Å². The van der Waals surface area contributed by atoms with Crippen LogP contribution in [-0.2, 0) is 22.2 Å². The third kappa shape index (κ3) is 3.46. The summed E-state index contributed by atoms with van der Waals surface area (Å²) in [7, 11) is 0. The average Bonchev–Trinajstić information content (AvgIpc) is 3.42. The molecule has 0 bridgehead atoms. The number of benzene rings is 2. The first-order valence-electron chi connectivity index (χ1n) is 8.83. The molecule has 2 aromatic carbocycles. The van der Waals surface area contributed by atoms with Crippen LogP contribution in [0.25, 0.3) is 0 Å². The molecule has 1 heterocycles. The van der Waals surface area contributed by atoms with Crippen LogP contribution in [0.3, 0.4) is 0 Å². The molecule has 1 fully saturated rings. The Labute approximate surface area is 157 Å². The van der Waals surface area contributed by atoms with E-state index in [0.29, 0.717) is 17.7 Å². The van der Waals surface area contributed by atoms with Crippen LogP contribution in [-0.4, -0.2) is 11.8 Å². The van der Waals surface area contributed by atoms with Gasteiger partial charge in [-0.1, -0.05) is 18.2 Å². The van der Waals surface area contributed by atoms with E-state index < -0.39 is 35.3 Å². The van der Waals surface area contributed by atoms with E-state index in [1.54, 1.807) is 0 Å². The Morgan fingerprint density at radius 2 is 1.89 bits per heavy atom. The molecule has 2 aromatic rings. The maximum atomic E-state index is 14.3. The molecule has 2 aliphatic rings. The summed E-state index contributed by atoms with van der Waals surface area (Å²) in [4.78, 5) is 23.8. The second kappa shape index (κ2) is 6.61. The van der Waals surface area contributed by atoms with Crippen LogP contribution in [0, 0.1) is 11.7 Å². The Kier molecular flexibility index (Phi) is 4.36. The highest BCUT2D eigenvalue weighted by Crippen LogP contribution is 2.51. The van der Waals surface area contributed by atoms with Crippen LogP contribution in [0.15, 0.2) is 36.4 Å². The van der Waals surface area contributed by atoms with Crippen molar-refractivity contribution in [2.45, 2.75) is 31.4 Å². The van der Waals surface area contributed by atoms with E-state index in [1.165, 1.54) is 24.3 Å². The van der Waals surface area contributed by atoms with E-state index in [1.807, 2.05) is 0 Å². The molecule has 1 saturated carbocycles. The topological polar surface area (TPSA) is 58.2 Å². The molecule has 2 atom stereocenters. The average molecular weight is 392 g/mol. The van der Waals surface area contributed by atoms with E-state index >= 15 is 0 Å². The number of anilines is 2. The third-order valence-corrected chi connectivity index (χ3v) is 5.14. The first-order valence-corrected chi connectivity index (χ1v) is 8.83. The van der Waals surface area contributed by atoms with Gasteiger partial charge in [0.2, 0.25) is 11.8 Å². The van der Waals surface area contributed by atoms with E-state index in [9.17, 15) is 27.2 Å². The number of rotatable bonds is 3. The van der Waals surface area contributed by atoms with Gasteiger partial charge in [-0.3, -0.25) is 9.59 Å². The van der Waals surface area contributed by atoms with Crippen molar-refractivity contribution in [3.05, 3.63) is 58.9 Å². The normalized spacial score (nSPS) is 20.9. The number of carbonyl (C=O) groups is 2. The monoisotopic (exact) mass is 392 g/mol. The predicted molar refractivity (Wildman–Crippen MR) is 94.3 cm³/mol. The molecule has 4 nitrogen and oxygen atoms in total. The van der Waals surface area contributed by atoms with Crippen LogP contribution in [0.4, 0.5) is 28.9 Å². The number of hydrogen-bond donors (Lipinski definition) is 2. The van der Waals surface area contributed by atoms with Gasteiger partial charge in [-0.05, 0) is 48.1 Å². The number of halogens is 4. The number of fused-ring (bicyclic) bond motifs is 1. The van der Waals surface area contributed by atoms with E-state index in [2.05, 4.69) is 10.6 Å². The van der Waals surface area contributed by atoms with Crippen molar-refractivity contribution in [1.29, 1.82) is 0 Å². The maximum absolute atomic E-state index is 14.3. The zero-order valence-corrected chi connectivity index (χ0v) is 14.6. The summed E-state index contributed by atoms with van der Waals surface area (Å²) in [5.41, 5.74) is 0.380. The molecule has 146 valence electrons. The Morgan fingerprint density at radius 3 is 2.64 bits per heavy atom. The van der Waals surface area contributed by atoms with Gasteiger partial charge >= 0.3 is 6.18 Å². The smallest absolute Gasteiger partial charge is 0.326 e. The number of hydrogen-bond acceptors (Lipinski definition) is 2. The standard InChI is InChI=1S/C20H16F4N2O2/c21-15-9-16-10(5-6-18(27)25-16)7-17(15)26-19(28)13-8-12(13)11-3-1-2-4-14(11)20(22,23)24/h1-4,7,9,12-13H,5-6,8H2,(H,25,27)(H,26,28)/t12-,13-/m0/s1. The first-order chi connectivity index (χ1) is 13.2. The van der Waals surface area contributed by atoms with Gasteiger partial charge in [-0.25, -0.2) is 4.39 Å². The number of alkyl halides is 3. The summed E-state index contributed by atoms with van der Waals surface area (Å²) in [5.74, 6) is -2.60. The summed E-state index contributed by atoms with van der Waals surface area (Å²) in [6, 6.07) is 7.80. The van der Waals surface area contributed by atoms with Gasteiger partial charge in [0.05, 0.1) is 11.3 Å². The highest BCUT2D eigenvalue weighted by molar-refractivity contribution is 5.97. The second-order valence-corrected chi connectivity index (χ2v) is 7.06. The lowest BCUT2D eigenvalue weighted by atomic mass is 10.0. The fourth-order valence-corrected chi connectivity index (χ4v) is 3.63. The lowest BCUT2D eigenvalue weighted by Crippen LogP contribution is -2.21. The van der Waals surface area contributed by atoms with Gasteiger partial charge in [0, 0.05) is 18.0 Å². The second-order valence-electron chi connectivity index (χ2n) is 7.06. The molecule has 0 aromatic heterocycles. The van der Waals surface area contributed by atoms with Crippen molar-refractivity contribution in [1.82, 2.24) is 0 Å². The van der Waals surface area contributed by atoms with Crippen LogP contribution >= 0.6 is 0 Å². The Balaban J connectivity index is 1.51. The van der Waals surface area contributed by atoms with Crippen molar-refractivity contribution in [3.63, 3.8) is 0 Å². The zero-order valence-electron chi connectivity index (χ0n) is 14.6. The molecule has 0 radical (unpaired) electrons. The molecule has 28 heavy (non-hydrogen) atoms. The summed E-state index contributed by atoms with van der Waals surface area (Å²) >= 11 is 0. The minimum absolute atomic E-state index is 0.0327. The number of nitrogens with one attached hydrogen (secondary N) is 2. The predicted octanol–water partition coefficient (Wildman–Crippen LogP) is 4.47. The highest BCUT2D eigenvalue weighted by atomic mass is 19.4. The highest BCUT2D eigenvalue weighted by Gasteiger charge is 2.48. The zero-order chi connectivity index (χ0) is 20.1. The summed E-state index contributed by atoms with van der Waals surface area (Å²) in [6.07, 6.45) is -3.52. The van der Waals surface area contributed by atoms with Gasteiger partial charge < -0.3 is 10.6 Å². The molecule has 1 aliphatic heterocycles. The van der Waals surface area contributed by atoms with Gasteiger partial charge in [0.15, 0.2) is 0 Å². The Hall–Kier alpha value is -2.90. The molecule has 0 saturated heterocycles. The first kappa shape index (κ1) is 18.5. The summed E-state index contributed by atoms with van der Waals surface area (Å²) in [6.45, 7) is 0. The third-order valence-electron chi connectivity index (χ3n) is 5.14.